The van der Waals surface area contributed by atoms with Crippen LogP contribution in [0, 0.1) is 0 Å². The van der Waals surface area contributed by atoms with Gasteiger partial charge in [-0.2, -0.15) is 0 Å². The molecule has 1 heterocycles. The fourth-order valence-corrected chi connectivity index (χ4v) is 4.75. The van der Waals surface area contributed by atoms with Gasteiger partial charge >= 0.3 is 0 Å². The molecule has 1 amide bonds. The first-order valence-electron chi connectivity index (χ1n) is 9.12. The monoisotopic (exact) mass is 387 g/mol. The fraction of sp³-hybridized carbons (Fsp3) is 0.350. The molecule has 0 aliphatic carbocycles. The highest BCUT2D eigenvalue weighted by Gasteiger charge is 2.25. The molecule has 1 N–H and O–H groups in total. The first-order chi connectivity index (χ1) is 13.0. The molecule has 144 valence electrons. The second kappa shape index (κ2) is 8.43. The van der Waals surface area contributed by atoms with E-state index in [1.54, 1.807) is 24.3 Å². The molecule has 0 spiro atoms. The summed E-state index contributed by atoms with van der Waals surface area (Å²) in [5, 5.41) is 2.90. The topological polar surface area (TPSA) is 69.7 Å². The smallest absolute Gasteiger partial charge is 0.251 e. The van der Waals surface area contributed by atoms with E-state index in [1.807, 2.05) is 37.4 Å². The summed E-state index contributed by atoms with van der Waals surface area (Å²) in [6, 6.07) is 16.7. The largest absolute Gasteiger partial charge is 0.373 e. The molecule has 0 radical (unpaired) electrons. The zero-order chi connectivity index (χ0) is 19.3. The molecule has 3 rings (SSSR count). The number of amides is 1. The summed E-state index contributed by atoms with van der Waals surface area (Å²) in [4.78, 5) is 14.4. The minimum Gasteiger partial charge on any atom is -0.373 e. The molecule has 0 aromatic heterocycles. The third-order valence-corrected chi connectivity index (χ3v) is 6.57. The van der Waals surface area contributed by atoms with E-state index in [4.69, 9.17) is 0 Å². The van der Waals surface area contributed by atoms with Gasteiger partial charge in [-0.15, -0.1) is 0 Å². The lowest BCUT2D eigenvalue weighted by Crippen LogP contribution is -2.37. The fourth-order valence-electron chi connectivity index (χ4n) is 3.11. The summed E-state index contributed by atoms with van der Waals surface area (Å²) in [5.74, 6) is 0.0222. The Labute approximate surface area is 160 Å². The standard InChI is InChI=1S/C20H25N3O3S/c1-22(18-7-3-2-4-8-18)15-13-21-20(24)17-9-11-19(12-10-17)23-14-5-6-16-27(23,25)26/h2-4,7-12H,5-6,13-16H2,1H3,(H,21,24). The quantitative estimate of drug-likeness (QED) is 0.827. The van der Waals surface area contributed by atoms with Crippen molar-refractivity contribution in [3.05, 3.63) is 60.2 Å². The van der Waals surface area contributed by atoms with E-state index in [9.17, 15) is 13.2 Å². The van der Waals surface area contributed by atoms with Crippen LogP contribution in [0.4, 0.5) is 11.4 Å². The molecule has 0 atom stereocenters. The van der Waals surface area contributed by atoms with Crippen LogP contribution in [-0.4, -0.2) is 46.8 Å². The molecule has 2 aromatic carbocycles. The number of likely N-dealkylation sites (N-methyl/N-ethyl adjacent to an activating group) is 1. The van der Waals surface area contributed by atoms with Crippen LogP contribution in [0.3, 0.4) is 0 Å². The van der Waals surface area contributed by atoms with Crippen molar-refractivity contribution in [3.63, 3.8) is 0 Å². The highest BCUT2D eigenvalue weighted by Crippen LogP contribution is 2.23. The zero-order valence-electron chi connectivity index (χ0n) is 15.5. The Morgan fingerprint density at radius 1 is 1.07 bits per heavy atom. The number of hydrogen-bond donors (Lipinski definition) is 1. The second-order valence-corrected chi connectivity index (χ2v) is 8.67. The van der Waals surface area contributed by atoms with Gasteiger partial charge < -0.3 is 10.2 Å². The minimum atomic E-state index is -3.23. The van der Waals surface area contributed by atoms with E-state index >= 15 is 0 Å². The molecular formula is C20H25N3O3S. The van der Waals surface area contributed by atoms with Gasteiger partial charge in [0.2, 0.25) is 10.0 Å². The van der Waals surface area contributed by atoms with Crippen LogP contribution in [0.2, 0.25) is 0 Å². The van der Waals surface area contributed by atoms with E-state index in [-0.39, 0.29) is 11.7 Å². The summed E-state index contributed by atoms with van der Waals surface area (Å²) < 4.78 is 25.8. The molecule has 1 fully saturated rings. The van der Waals surface area contributed by atoms with E-state index in [1.165, 1.54) is 4.31 Å². The van der Waals surface area contributed by atoms with Gasteiger partial charge in [0.1, 0.15) is 0 Å². The van der Waals surface area contributed by atoms with Gasteiger partial charge in [-0.1, -0.05) is 18.2 Å². The van der Waals surface area contributed by atoms with E-state index < -0.39 is 10.0 Å². The van der Waals surface area contributed by atoms with Crippen molar-refractivity contribution in [1.29, 1.82) is 0 Å². The van der Waals surface area contributed by atoms with Crippen molar-refractivity contribution >= 4 is 27.3 Å². The SMILES string of the molecule is CN(CCNC(=O)c1ccc(N2CCCCS2(=O)=O)cc1)c1ccccc1. The third kappa shape index (κ3) is 4.80. The molecule has 0 bridgehead atoms. The van der Waals surface area contributed by atoms with Gasteiger partial charge in [0.05, 0.1) is 11.4 Å². The average molecular weight is 388 g/mol. The lowest BCUT2D eigenvalue weighted by molar-refractivity contribution is 0.0954. The molecule has 0 saturated carbocycles. The molecule has 2 aromatic rings. The van der Waals surface area contributed by atoms with E-state index in [2.05, 4.69) is 10.2 Å². The average Bonchev–Trinajstić information content (AvgIpc) is 2.68. The molecule has 6 nitrogen and oxygen atoms in total. The lowest BCUT2D eigenvalue weighted by atomic mass is 10.2. The van der Waals surface area contributed by atoms with Crippen molar-refractivity contribution in [1.82, 2.24) is 5.32 Å². The lowest BCUT2D eigenvalue weighted by Gasteiger charge is -2.28. The first kappa shape index (κ1) is 19.2. The Balaban J connectivity index is 1.55. The second-order valence-electron chi connectivity index (χ2n) is 6.66. The van der Waals surface area contributed by atoms with Crippen LogP contribution in [0.15, 0.2) is 54.6 Å². The Morgan fingerprint density at radius 2 is 1.78 bits per heavy atom. The summed E-state index contributed by atoms with van der Waals surface area (Å²) in [6.07, 6.45) is 1.56. The maximum absolute atomic E-state index is 12.3. The molecule has 1 aliphatic rings. The highest BCUT2D eigenvalue weighted by molar-refractivity contribution is 7.92. The first-order valence-corrected chi connectivity index (χ1v) is 10.7. The number of nitrogens with zero attached hydrogens (tertiary/aromatic N) is 2. The van der Waals surface area contributed by atoms with Gasteiger partial charge in [0.25, 0.3) is 5.91 Å². The van der Waals surface area contributed by atoms with Crippen LogP contribution in [0.5, 0.6) is 0 Å². The number of sulfonamides is 1. The van der Waals surface area contributed by atoms with Gasteiger partial charge in [-0.05, 0) is 49.2 Å². The molecule has 1 aliphatic heterocycles. The summed E-state index contributed by atoms with van der Waals surface area (Å²) in [7, 11) is -1.25. The number of rotatable bonds is 6. The maximum atomic E-state index is 12.3. The van der Waals surface area contributed by atoms with Crippen LogP contribution < -0.4 is 14.5 Å². The molecular weight excluding hydrogens is 362 g/mol. The molecule has 27 heavy (non-hydrogen) atoms. The van der Waals surface area contributed by atoms with Crippen molar-refractivity contribution in [2.75, 3.05) is 41.6 Å². The summed E-state index contributed by atoms with van der Waals surface area (Å²) >= 11 is 0. The number of hydrogen-bond acceptors (Lipinski definition) is 4. The van der Waals surface area contributed by atoms with Gasteiger partial charge in [-0.25, -0.2) is 8.42 Å². The van der Waals surface area contributed by atoms with Crippen molar-refractivity contribution in [2.45, 2.75) is 12.8 Å². The van der Waals surface area contributed by atoms with Gasteiger partial charge in [0.15, 0.2) is 0 Å². The predicted octanol–water partition coefficient (Wildman–Crippen LogP) is 2.48. The minimum absolute atomic E-state index is 0.162. The summed E-state index contributed by atoms with van der Waals surface area (Å²) in [6.45, 7) is 1.71. The van der Waals surface area contributed by atoms with Crippen LogP contribution in [0.1, 0.15) is 23.2 Å². The van der Waals surface area contributed by atoms with Gasteiger partial charge in [0, 0.05) is 37.9 Å². The van der Waals surface area contributed by atoms with Crippen molar-refractivity contribution in [3.8, 4) is 0 Å². The molecule has 7 heteroatoms. The van der Waals surface area contributed by atoms with Gasteiger partial charge in [-0.3, -0.25) is 9.10 Å². The van der Waals surface area contributed by atoms with Crippen molar-refractivity contribution < 1.29 is 13.2 Å². The van der Waals surface area contributed by atoms with Crippen LogP contribution in [-0.2, 0) is 10.0 Å². The Morgan fingerprint density at radius 3 is 2.44 bits per heavy atom. The Bertz CT molecular complexity index is 867. The number of carbonyl (C=O) groups excluding carboxylic acids is 1. The van der Waals surface area contributed by atoms with Crippen molar-refractivity contribution in [2.24, 2.45) is 0 Å². The van der Waals surface area contributed by atoms with E-state index in [0.29, 0.717) is 37.3 Å². The molecule has 0 unspecified atom stereocenters. The Hall–Kier alpha value is -2.54. The zero-order valence-corrected chi connectivity index (χ0v) is 16.3. The maximum Gasteiger partial charge on any atom is 0.251 e. The highest BCUT2D eigenvalue weighted by atomic mass is 32.2. The Kier molecular flexibility index (Phi) is 6.01. The normalized spacial score (nSPS) is 16.0. The number of benzene rings is 2. The number of para-hydroxylation sites is 1. The molecule has 1 saturated heterocycles. The van der Waals surface area contributed by atoms with E-state index in [0.717, 1.165) is 12.1 Å². The summed E-state index contributed by atoms with van der Waals surface area (Å²) in [5.41, 5.74) is 2.24. The third-order valence-electron chi connectivity index (χ3n) is 4.70. The van der Waals surface area contributed by atoms with Crippen LogP contribution in [0.25, 0.3) is 0 Å². The van der Waals surface area contributed by atoms with Crippen LogP contribution >= 0.6 is 0 Å². The number of nitrogens with one attached hydrogen (secondary N) is 1. The number of carbonyl (C=O) groups is 1. The number of anilines is 2. The predicted molar refractivity (Wildman–Crippen MR) is 109 cm³/mol.